The summed E-state index contributed by atoms with van der Waals surface area (Å²) >= 11 is 0. The first-order valence-corrected chi connectivity index (χ1v) is 32.8. The van der Waals surface area contributed by atoms with Gasteiger partial charge in [-0.25, -0.2) is 0 Å². The third kappa shape index (κ3) is 36.9. The van der Waals surface area contributed by atoms with Crippen LogP contribution >= 0.6 is 0 Å². The molecule has 0 spiro atoms. The molecule has 2 saturated heterocycles. The van der Waals surface area contributed by atoms with Crippen molar-refractivity contribution in [2.24, 2.45) is 0 Å². The molecule has 1 amide bonds. The monoisotopic (exact) mass is 1160 g/mol. The number of carbonyl (C=O) groups is 1. The van der Waals surface area contributed by atoms with E-state index in [0.717, 1.165) is 83.5 Å². The van der Waals surface area contributed by atoms with E-state index < -0.39 is 86.8 Å². The number of amides is 1. The lowest BCUT2D eigenvalue weighted by Crippen LogP contribution is -2.65. The predicted molar refractivity (Wildman–Crippen MR) is 332 cm³/mol. The number of carbonyl (C=O) groups excluding carboxylic acids is 1. The number of hydrogen-bond acceptors (Lipinski definition) is 13. The Morgan fingerprint density at radius 2 is 0.854 bits per heavy atom. The van der Waals surface area contributed by atoms with E-state index in [1.807, 2.05) is 6.08 Å². The number of aliphatic hydroxyl groups excluding tert-OH is 8. The van der Waals surface area contributed by atoms with Crippen LogP contribution in [-0.4, -0.2) is 140 Å². The van der Waals surface area contributed by atoms with Gasteiger partial charge in [0.2, 0.25) is 5.91 Å². The largest absolute Gasteiger partial charge is 0.394 e. The highest BCUT2D eigenvalue weighted by molar-refractivity contribution is 5.76. The van der Waals surface area contributed by atoms with Crippen LogP contribution in [0, 0.1) is 0 Å². The van der Waals surface area contributed by atoms with E-state index in [1.165, 1.54) is 128 Å². The summed E-state index contributed by atoms with van der Waals surface area (Å²) < 4.78 is 22.8. The first-order valence-electron chi connectivity index (χ1n) is 32.8. The minimum atomic E-state index is -1.80. The third-order valence-electron chi connectivity index (χ3n) is 15.5. The van der Waals surface area contributed by atoms with Gasteiger partial charge in [0.1, 0.15) is 48.8 Å². The van der Waals surface area contributed by atoms with E-state index in [9.17, 15) is 45.6 Å². The Kier molecular flexibility index (Phi) is 48.2. The Bertz CT molecular complexity index is 1700. The number of rotatable bonds is 52. The Morgan fingerprint density at radius 1 is 0.451 bits per heavy atom. The second-order valence-corrected chi connectivity index (χ2v) is 22.8. The molecule has 9 N–H and O–H groups in total. The van der Waals surface area contributed by atoms with E-state index in [0.29, 0.717) is 12.8 Å². The quantitative estimate of drug-likeness (QED) is 0.0204. The molecule has 2 fully saturated rings. The SMILES string of the molecule is CC/C=C\C/C=C\C/C=C\C/C=C\CCCCCCCCCCC(=O)NC(COC1OC(CO)C(OC2OC(CO)C(O)C(O)C2O)C(O)C1O)C(O)/C=C/CC/C=C/CC/C=C/CCCCCCCCCCCCCCCCCCC. The number of aliphatic hydroxyl groups is 8. The van der Waals surface area contributed by atoms with Crippen molar-refractivity contribution in [3.8, 4) is 0 Å². The summed E-state index contributed by atoms with van der Waals surface area (Å²) in [6, 6.07) is -0.949. The normalized spacial score (nSPS) is 24.5. The van der Waals surface area contributed by atoms with E-state index in [4.69, 9.17) is 18.9 Å². The molecule has 2 heterocycles. The Balaban J connectivity index is 1.75. The number of unbranched alkanes of at least 4 members (excludes halogenated alkanes) is 27. The zero-order chi connectivity index (χ0) is 59.5. The number of nitrogens with one attached hydrogen (secondary N) is 1. The molecule has 0 aromatic carbocycles. The van der Waals surface area contributed by atoms with Crippen molar-refractivity contribution in [2.45, 2.75) is 319 Å². The maximum absolute atomic E-state index is 13.3. The van der Waals surface area contributed by atoms with Crippen LogP contribution < -0.4 is 5.32 Å². The van der Waals surface area contributed by atoms with Crippen LogP contribution in [0.15, 0.2) is 85.1 Å². The molecule has 14 heteroatoms. The minimum absolute atomic E-state index is 0.256. The summed E-state index contributed by atoms with van der Waals surface area (Å²) in [5.74, 6) is -0.263. The summed E-state index contributed by atoms with van der Waals surface area (Å²) in [4.78, 5) is 13.3. The summed E-state index contributed by atoms with van der Waals surface area (Å²) in [7, 11) is 0. The average molecular weight is 1160 g/mol. The molecular weight excluding hydrogens is 1040 g/mol. The van der Waals surface area contributed by atoms with Crippen molar-refractivity contribution in [2.75, 3.05) is 19.8 Å². The van der Waals surface area contributed by atoms with Crippen LogP contribution in [0.25, 0.3) is 0 Å². The summed E-state index contributed by atoms with van der Waals surface area (Å²) in [5, 5.41) is 87.3. The van der Waals surface area contributed by atoms with Gasteiger partial charge in [-0.2, -0.15) is 0 Å². The lowest BCUT2D eigenvalue weighted by molar-refractivity contribution is -0.359. The molecule has 2 aliphatic heterocycles. The standard InChI is InChI=1S/C68H119NO13/c1-3-5-7-9-11-13-15-17-19-21-23-25-26-27-28-29-30-32-33-35-37-39-41-43-45-47-49-51-57(72)56(55-79-67-65(78)63(76)66(59(54-71)81-67)82-68-64(77)62(75)61(74)58(53-70)80-68)69-60(73)52-50-48-46-44-42-40-38-36-34-31-24-22-20-18-16-14-12-10-8-6-4-2/h6,8,12,14,18,20,24,31,33,35,41,43,49,51,56-59,61-68,70-72,74-78H,3-5,7,9-11,13,15-17,19,21-23,25-30,32,34,36-40,42,44-48,50,52-55H2,1-2H3,(H,69,73)/b8-6-,14-12-,20-18-,31-24-,35-33+,43-41+,51-49+. The Morgan fingerprint density at radius 3 is 1.34 bits per heavy atom. The molecule has 0 aromatic heterocycles. The molecule has 474 valence electrons. The molecule has 0 radical (unpaired) electrons. The number of hydrogen-bond donors (Lipinski definition) is 9. The zero-order valence-corrected chi connectivity index (χ0v) is 51.2. The highest BCUT2D eigenvalue weighted by Gasteiger charge is 2.51. The van der Waals surface area contributed by atoms with Crippen LogP contribution in [0.5, 0.6) is 0 Å². The summed E-state index contributed by atoms with van der Waals surface area (Å²) in [6.45, 7) is 2.67. The second-order valence-electron chi connectivity index (χ2n) is 22.8. The fourth-order valence-corrected chi connectivity index (χ4v) is 10.3. The number of ether oxygens (including phenoxy) is 4. The molecule has 0 bridgehead atoms. The van der Waals surface area contributed by atoms with Gasteiger partial charge in [-0.05, 0) is 83.5 Å². The lowest BCUT2D eigenvalue weighted by Gasteiger charge is -2.46. The van der Waals surface area contributed by atoms with Crippen molar-refractivity contribution in [1.29, 1.82) is 0 Å². The van der Waals surface area contributed by atoms with Crippen LogP contribution in [0.2, 0.25) is 0 Å². The van der Waals surface area contributed by atoms with Gasteiger partial charge in [0, 0.05) is 6.42 Å². The van der Waals surface area contributed by atoms with Crippen LogP contribution in [0.4, 0.5) is 0 Å². The van der Waals surface area contributed by atoms with Gasteiger partial charge in [-0.1, -0.05) is 240 Å². The highest BCUT2D eigenvalue weighted by atomic mass is 16.7. The topological polar surface area (TPSA) is 228 Å². The molecule has 82 heavy (non-hydrogen) atoms. The molecule has 12 atom stereocenters. The fourth-order valence-electron chi connectivity index (χ4n) is 10.3. The van der Waals surface area contributed by atoms with Gasteiger partial charge in [0.15, 0.2) is 12.6 Å². The third-order valence-corrected chi connectivity index (χ3v) is 15.5. The maximum atomic E-state index is 13.3. The van der Waals surface area contributed by atoms with Crippen molar-refractivity contribution >= 4 is 5.91 Å². The van der Waals surface area contributed by atoms with E-state index in [2.05, 4.69) is 92.1 Å². The molecule has 0 aliphatic carbocycles. The minimum Gasteiger partial charge on any atom is -0.394 e. The smallest absolute Gasteiger partial charge is 0.220 e. The first kappa shape index (κ1) is 75.3. The molecule has 0 saturated carbocycles. The number of allylic oxidation sites excluding steroid dienone is 13. The highest BCUT2D eigenvalue weighted by Crippen LogP contribution is 2.30. The molecule has 14 nitrogen and oxygen atoms in total. The van der Waals surface area contributed by atoms with Crippen LogP contribution in [0.1, 0.15) is 245 Å². The average Bonchev–Trinajstić information content (AvgIpc) is 3.66. The van der Waals surface area contributed by atoms with Crippen molar-refractivity contribution in [1.82, 2.24) is 5.32 Å². The van der Waals surface area contributed by atoms with E-state index in [1.54, 1.807) is 6.08 Å². The Labute approximate surface area is 497 Å². The zero-order valence-electron chi connectivity index (χ0n) is 51.2. The molecule has 12 unspecified atom stereocenters. The summed E-state index contributed by atoms with van der Waals surface area (Å²) in [6.07, 6.45) is 54.9. The van der Waals surface area contributed by atoms with Gasteiger partial charge in [-0.15, -0.1) is 0 Å². The van der Waals surface area contributed by atoms with Crippen LogP contribution in [-0.2, 0) is 23.7 Å². The molecule has 2 rings (SSSR count). The van der Waals surface area contributed by atoms with Gasteiger partial charge in [-0.3, -0.25) is 4.79 Å². The van der Waals surface area contributed by atoms with E-state index >= 15 is 0 Å². The van der Waals surface area contributed by atoms with Crippen molar-refractivity contribution < 1.29 is 64.6 Å². The van der Waals surface area contributed by atoms with Crippen molar-refractivity contribution in [3.63, 3.8) is 0 Å². The fraction of sp³-hybridized carbons (Fsp3) is 0.779. The van der Waals surface area contributed by atoms with Gasteiger partial charge >= 0.3 is 0 Å². The molecule has 2 aliphatic rings. The predicted octanol–water partition coefficient (Wildman–Crippen LogP) is 12.4. The van der Waals surface area contributed by atoms with Crippen LogP contribution in [0.3, 0.4) is 0 Å². The van der Waals surface area contributed by atoms with Crippen molar-refractivity contribution in [3.05, 3.63) is 85.1 Å². The Hall–Kier alpha value is -2.83. The molecule has 0 aromatic rings. The maximum Gasteiger partial charge on any atom is 0.220 e. The second kappa shape index (κ2) is 52.5. The first-order chi connectivity index (χ1) is 40.1. The summed E-state index contributed by atoms with van der Waals surface area (Å²) in [5.41, 5.74) is 0. The van der Waals surface area contributed by atoms with Gasteiger partial charge in [0.25, 0.3) is 0 Å². The van der Waals surface area contributed by atoms with Gasteiger partial charge in [0.05, 0.1) is 32.0 Å². The van der Waals surface area contributed by atoms with Gasteiger partial charge < -0.3 is 65.1 Å². The van der Waals surface area contributed by atoms with E-state index in [-0.39, 0.29) is 18.9 Å². The lowest BCUT2D eigenvalue weighted by atomic mass is 9.97. The molecular formula is C68H119NO13.